The maximum atomic E-state index is 9.36. The molecule has 0 amide bonds. The number of nitrogens with zero attached hydrogens (tertiary/aromatic N) is 1. The SMILES string of the molecule is CC(N)c1ccc(SC(C)C(C)O)cn1. The zero-order valence-electron chi connectivity index (χ0n) is 9.34. The second kappa shape index (κ2) is 5.49. The molecule has 0 bridgehead atoms. The van der Waals surface area contributed by atoms with Crippen LogP contribution < -0.4 is 5.73 Å². The lowest BCUT2D eigenvalue weighted by Crippen LogP contribution is -2.15. The standard InChI is InChI=1S/C11H18N2OS/c1-7(12)11-5-4-10(6-13-11)15-9(3)8(2)14/h4-9,14H,12H2,1-3H3. The largest absolute Gasteiger partial charge is 0.392 e. The lowest BCUT2D eigenvalue weighted by atomic mass is 10.2. The quantitative estimate of drug-likeness (QED) is 0.771. The number of aliphatic hydroxyl groups is 1. The zero-order valence-corrected chi connectivity index (χ0v) is 10.2. The van der Waals surface area contributed by atoms with Gasteiger partial charge in [-0.3, -0.25) is 4.98 Å². The predicted molar refractivity (Wildman–Crippen MR) is 63.8 cm³/mol. The van der Waals surface area contributed by atoms with Crippen LogP contribution in [-0.4, -0.2) is 21.4 Å². The Labute approximate surface area is 95.1 Å². The van der Waals surface area contributed by atoms with Crippen LogP contribution in [0, 0.1) is 0 Å². The molecule has 1 rings (SSSR count). The van der Waals surface area contributed by atoms with Crippen molar-refractivity contribution in [3.8, 4) is 0 Å². The van der Waals surface area contributed by atoms with E-state index in [2.05, 4.69) is 4.98 Å². The van der Waals surface area contributed by atoms with Gasteiger partial charge in [0.15, 0.2) is 0 Å². The van der Waals surface area contributed by atoms with Crippen LogP contribution in [0.5, 0.6) is 0 Å². The highest BCUT2D eigenvalue weighted by molar-refractivity contribution is 8.00. The third kappa shape index (κ3) is 3.81. The highest BCUT2D eigenvalue weighted by Gasteiger charge is 2.10. The first-order valence-electron chi connectivity index (χ1n) is 5.07. The van der Waals surface area contributed by atoms with Crippen LogP contribution in [0.4, 0.5) is 0 Å². The predicted octanol–water partition coefficient (Wildman–Crippen LogP) is 1.96. The van der Waals surface area contributed by atoms with Crippen molar-refractivity contribution in [3.63, 3.8) is 0 Å². The lowest BCUT2D eigenvalue weighted by Gasteiger charge is -2.14. The van der Waals surface area contributed by atoms with Gasteiger partial charge in [-0.1, -0.05) is 6.92 Å². The summed E-state index contributed by atoms with van der Waals surface area (Å²) in [5.41, 5.74) is 6.60. The van der Waals surface area contributed by atoms with Gasteiger partial charge in [0.2, 0.25) is 0 Å². The summed E-state index contributed by atoms with van der Waals surface area (Å²) in [6.07, 6.45) is 1.49. The molecule has 1 aromatic rings. The maximum Gasteiger partial charge on any atom is 0.0631 e. The summed E-state index contributed by atoms with van der Waals surface area (Å²) in [7, 11) is 0. The highest BCUT2D eigenvalue weighted by atomic mass is 32.2. The number of hydrogen-bond donors (Lipinski definition) is 2. The Hall–Kier alpha value is -0.580. The molecular weight excluding hydrogens is 208 g/mol. The fraction of sp³-hybridized carbons (Fsp3) is 0.545. The van der Waals surface area contributed by atoms with Crippen molar-refractivity contribution in [2.24, 2.45) is 5.73 Å². The minimum atomic E-state index is -0.317. The number of aliphatic hydroxyl groups excluding tert-OH is 1. The second-order valence-corrected chi connectivity index (χ2v) is 5.22. The van der Waals surface area contributed by atoms with E-state index in [4.69, 9.17) is 5.73 Å². The number of hydrogen-bond acceptors (Lipinski definition) is 4. The van der Waals surface area contributed by atoms with E-state index in [1.165, 1.54) is 0 Å². The van der Waals surface area contributed by atoms with E-state index >= 15 is 0 Å². The molecule has 4 heteroatoms. The number of rotatable bonds is 4. The molecule has 0 saturated carbocycles. The van der Waals surface area contributed by atoms with Gasteiger partial charge in [-0.05, 0) is 26.0 Å². The van der Waals surface area contributed by atoms with Crippen molar-refractivity contribution in [1.82, 2.24) is 4.98 Å². The highest BCUT2D eigenvalue weighted by Crippen LogP contribution is 2.24. The lowest BCUT2D eigenvalue weighted by molar-refractivity contribution is 0.196. The Morgan fingerprint density at radius 3 is 2.40 bits per heavy atom. The first kappa shape index (κ1) is 12.5. The molecule has 1 heterocycles. The van der Waals surface area contributed by atoms with E-state index in [-0.39, 0.29) is 17.4 Å². The van der Waals surface area contributed by atoms with Gasteiger partial charge in [0.05, 0.1) is 11.8 Å². The normalized spacial score (nSPS) is 17.1. The molecule has 0 fully saturated rings. The summed E-state index contributed by atoms with van der Waals surface area (Å²) in [4.78, 5) is 5.33. The summed E-state index contributed by atoms with van der Waals surface area (Å²) in [6.45, 7) is 5.70. The van der Waals surface area contributed by atoms with Crippen LogP contribution in [-0.2, 0) is 0 Å². The van der Waals surface area contributed by atoms with Crippen LogP contribution in [0.1, 0.15) is 32.5 Å². The molecule has 0 aliphatic rings. The van der Waals surface area contributed by atoms with Gasteiger partial charge in [-0.25, -0.2) is 0 Å². The van der Waals surface area contributed by atoms with Gasteiger partial charge < -0.3 is 10.8 Å². The van der Waals surface area contributed by atoms with Gasteiger partial charge in [0.1, 0.15) is 0 Å². The molecule has 0 aliphatic heterocycles. The molecule has 0 spiro atoms. The van der Waals surface area contributed by atoms with Crippen molar-refractivity contribution in [3.05, 3.63) is 24.0 Å². The van der Waals surface area contributed by atoms with Gasteiger partial charge in [-0.15, -0.1) is 11.8 Å². The number of pyridine rings is 1. The van der Waals surface area contributed by atoms with Gasteiger partial charge in [0, 0.05) is 22.4 Å². The van der Waals surface area contributed by atoms with E-state index < -0.39 is 0 Å². The number of nitrogens with two attached hydrogens (primary N) is 1. The minimum Gasteiger partial charge on any atom is -0.392 e. The summed E-state index contributed by atoms with van der Waals surface area (Å²) >= 11 is 1.62. The molecular formula is C11H18N2OS. The molecule has 84 valence electrons. The molecule has 3 nitrogen and oxygen atoms in total. The van der Waals surface area contributed by atoms with Gasteiger partial charge >= 0.3 is 0 Å². The smallest absolute Gasteiger partial charge is 0.0631 e. The average molecular weight is 226 g/mol. The summed E-state index contributed by atoms with van der Waals surface area (Å²) in [6, 6.07) is 3.90. The van der Waals surface area contributed by atoms with Crippen LogP contribution in [0.3, 0.4) is 0 Å². The maximum absolute atomic E-state index is 9.36. The van der Waals surface area contributed by atoms with Gasteiger partial charge in [-0.2, -0.15) is 0 Å². The van der Waals surface area contributed by atoms with Crippen LogP contribution >= 0.6 is 11.8 Å². The third-order valence-corrected chi connectivity index (χ3v) is 3.51. The van der Waals surface area contributed by atoms with Crippen molar-refractivity contribution < 1.29 is 5.11 Å². The molecule has 0 aliphatic carbocycles. The molecule has 0 aromatic carbocycles. The van der Waals surface area contributed by atoms with E-state index in [1.807, 2.05) is 32.2 Å². The van der Waals surface area contributed by atoms with Crippen LogP contribution in [0.15, 0.2) is 23.2 Å². The van der Waals surface area contributed by atoms with Crippen molar-refractivity contribution in [2.45, 2.75) is 43.1 Å². The number of aromatic nitrogens is 1. The topological polar surface area (TPSA) is 59.1 Å². The van der Waals surface area contributed by atoms with E-state index in [0.29, 0.717) is 0 Å². The Balaban J connectivity index is 2.64. The third-order valence-electron chi connectivity index (χ3n) is 2.23. The Morgan fingerprint density at radius 1 is 1.33 bits per heavy atom. The number of thioether (sulfide) groups is 1. The van der Waals surface area contributed by atoms with Crippen LogP contribution in [0.25, 0.3) is 0 Å². The molecule has 3 N–H and O–H groups in total. The summed E-state index contributed by atoms with van der Waals surface area (Å²) < 4.78 is 0. The molecule has 3 unspecified atom stereocenters. The van der Waals surface area contributed by atoms with E-state index in [9.17, 15) is 5.11 Å². The summed E-state index contributed by atoms with van der Waals surface area (Å²) in [5.74, 6) is 0. The van der Waals surface area contributed by atoms with E-state index in [1.54, 1.807) is 18.7 Å². The first-order valence-corrected chi connectivity index (χ1v) is 5.95. The van der Waals surface area contributed by atoms with Crippen molar-refractivity contribution >= 4 is 11.8 Å². The Bertz CT molecular complexity index is 298. The Morgan fingerprint density at radius 2 is 2.00 bits per heavy atom. The van der Waals surface area contributed by atoms with Gasteiger partial charge in [0.25, 0.3) is 0 Å². The molecule has 0 radical (unpaired) electrons. The van der Waals surface area contributed by atoms with E-state index in [0.717, 1.165) is 10.6 Å². The minimum absolute atomic E-state index is 0.0294. The second-order valence-electron chi connectivity index (χ2n) is 3.77. The molecule has 15 heavy (non-hydrogen) atoms. The Kier molecular flexibility index (Phi) is 4.57. The zero-order chi connectivity index (χ0) is 11.4. The fourth-order valence-corrected chi connectivity index (χ4v) is 1.93. The van der Waals surface area contributed by atoms with Crippen molar-refractivity contribution in [1.29, 1.82) is 0 Å². The molecule has 1 aromatic heterocycles. The first-order chi connectivity index (χ1) is 7.00. The molecule has 0 saturated heterocycles. The van der Waals surface area contributed by atoms with Crippen LogP contribution in [0.2, 0.25) is 0 Å². The molecule has 3 atom stereocenters. The van der Waals surface area contributed by atoms with Crippen molar-refractivity contribution in [2.75, 3.05) is 0 Å². The average Bonchev–Trinajstić information content (AvgIpc) is 2.18. The fourth-order valence-electron chi connectivity index (χ4n) is 1.04. The monoisotopic (exact) mass is 226 g/mol. The summed E-state index contributed by atoms with van der Waals surface area (Å²) in [5, 5.41) is 9.54.